The van der Waals surface area contributed by atoms with Gasteiger partial charge in [0, 0.05) is 0 Å². The number of thiophene rings is 1. The highest BCUT2D eigenvalue weighted by Gasteiger charge is 2.27. The molecule has 18 heavy (non-hydrogen) atoms. The lowest BCUT2D eigenvalue weighted by Gasteiger charge is -2.11. The van der Waals surface area contributed by atoms with Crippen molar-refractivity contribution in [3.63, 3.8) is 0 Å². The predicted octanol–water partition coefficient (Wildman–Crippen LogP) is 0.00840. The van der Waals surface area contributed by atoms with E-state index >= 15 is 0 Å². The number of nitrogens with two attached hydrogens (primary N) is 1. The fraction of sp³-hybridized carbons (Fsp3) is 0.250. The van der Waals surface area contributed by atoms with E-state index in [0.717, 1.165) is 11.3 Å². The van der Waals surface area contributed by atoms with Crippen LogP contribution in [0.5, 0.6) is 0 Å². The molecule has 0 aliphatic rings. The Morgan fingerprint density at radius 2 is 2.11 bits per heavy atom. The summed E-state index contributed by atoms with van der Waals surface area (Å²) in [4.78, 5) is 21.4. The number of primary amides is 1. The lowest BCUT2D eigenvalue weighted by molar-refractivity contribution is -0.140. The number of rotatable bonds is 6. The molecule has 1 aromatic heterocycles. The molecule has 10 heteroatoms. The molecule has 7 nitrogen and oxygen atoms in total. The molecule has 0 unspecified atom stereocenters. The smallest absolute Gasteiger partial charge is 0.322 e. The summed E-state index contributed by atoms with van der Waals surface area (Å²) in [6.07, 6.45) is -0.631. The van der Waals surface area contributed by atoms with E-state index in [4.69, 9.17) is 22.4 Å². The maximum atomic E-state index is 11.8. The van der Waals surface area contributed by atoms with Crippen LogP contribution in [0.1, 0.15) is 6.42 Å². The molecule has 0 saturated carbocycles. The van der Waals surface area contributed by atoms with Gasteiger partial charge in [-0.2, -0.15) is 4.72 Å². The van der Waals surface area contributed by atoms with Crippen molar-refractivity contribution in [1.29, 1.82) is 0 Å². The van der Waals surface area contributed by atoms with E-state index in [-0.39, 0.29) is 8.55 Å². The number of halogens is 1. The third-order valence-corrected chi connectivity index (χ3v) is 5.01. The fourth-order valence-corrected chi connectivity index (χ4v) is 3.76. The van der Waals surface area contributed by atoms with Crippen molar-refractivity contribution in [2.24, 2.45) is 5.73 Å². The molecule has 0 aliphatic heterocycles. The largest absolute Gasteiger partial charge is 0.480 e. The first-order valence-corrected chi connectivity index (χ1v) is 7.19. The van der Waals surface area contributed by atoms with E-state index in [9.17, 15) is 18.0 Å². The van der Waals surface area contributed by atoms with Crippen LogP contribution < -0.4 is 10.5 Å². The Bertz CT molecular complexity index is 568. The normalized spacial score (nSPS) is 13.2. The number of carbonyl (C=O) groups excluding carboxylic acids is 1. The van der Waals surface area contributed by atoms with Crippen LogP contribution in [-0.2, 0) is 19.6 Å². The van der Waals surface area contributed by atoms with Gasteiger partial charge in [-0.05, 0) is 12.1 Å². The molecule has 1 amide bonds. The Balaban J connectivity index is 2.93. The number of aliphatic carboxylic acids is 1. The number of hydrogen-bond donors (Lipinski definition) is 3. The molecular weight excluding hydrogens is 304 g/mol. The Kier molecular flexibility index (Phi) is 4.68. The second-order valence-corrected chi connectivity index (χ2v) is 6.90. The van der Waals surface area contributed by atoms with E-state index in [0.29, 0.717) is 0 Å². The van der Waals surface area contributed by atoms with Crippen LogP contribution >= 0.6 is 22.9 Å². The highest BCUT2D eigenvalue weighted by molar-refractivity contribution is 7.91. The van der Waals surface area contributed by atoms with Crippen LogP contribution in [0.15, 0.2) is 16.3 Å². The van der Waals surface area contributed by atoms with Crippen LogP contribution in [0.25, 0.3) is 0 Å². The SMILES string of the molecule is NC(=O)C[C@H](NS(=O)(=O)c1ccc(Cl)s1)C(=O)O. The Morgan fingerprint density at radius 1 is 1.50 bits per heavy atom. The number of carboxylic acids is 1. The summed E-state index contributed by atoms with van der Waals surface area (Å²) in [7, 11) is -4.03. The molecule has 1 aromatic rings. The molecule has 0 bridgehead atoms. The monoisotopic (exact) mass is 312 g/mol. The summed E-state index contributed by atoms with van der Waals surface area (Å²) < 4.78 is 25.5. The van der Waals surface area contributed by atoms with E-state index < -0.39 is 34.4 Å². The van der Waals surface area contributed by atoms with Crippen LogP contribution in [0.3, 0.4) is 0 Å². The molecule has 1 rings (SSSR count). The van der Waals surface area contributed by atoms with E-state index in [1.807, 2.05) is 4.72 Å². The van der Waals surface area contributed by atoms with Crippen molar-refractivity contribution in [3.05, 3.63) is 16.5 Å². The number of carbonyl (C=O) groups is 2. The molecule has 0 aromatic carbocycles. The lowest BCUT2D eigenvalue weighted by atomic mass is 10.2. The van der Waals surface area contributed by atoms with Gasteiger partial charge in [-0.1, -0.05) is 11.6 Å². The zero-order valence-corrected chi connectivity index (χ0v) is 11.2. The molecule has 1 atom stereocenters. The van der Waals surface area contributed by atoms with Crippen LogP contribution in [0, 0.1) is 0 Å². The first-order valence-electron chi connectivity index (χ1n) is 4.51. The van der Waals surface area contributed by atoms with Gasteiger partial charge >= 0.3 is 5.97 Å². The van der Waals surface area contributed by atoms with Gasteiger partial charge in [0.05, 0.1) is 10.8 Å². The van der Waals surface area contributed by atoms with Crippen molar-refractivity contribution in [3.8, 4) is 0 Å². The van der Waals surface area contributed by atoms with Gasteiger partial charge in [-0.25, -0.2) is 8.42 Å². The van der Waals surface area contributed by atoms with Gasteiger partial charge in [-0.3, -0.25) is 9.59 Å². The summed E-state index contributed by atoms with van der Waals surface area (Å²) in [5.74, 6) is -2.41. The average molecular weight is 313 g/mol. The van der Waals surface area contributed by atoms with E-state index in [1.165, 1.54) is 12.1 Å². The van der Waals surface area contributed by atoms with Crippen LogP contribution in [0.2, 0.25) is 4.34 Å². The number of sulfonamides is 1. The first kappa shape index (κ1) is 14.9. The maximum Gasteiger partial charge on any atom is 0.322 e. The third-order valence-electron chi connectivity index (χ3n) is 1.81. The van der Waals surface area contributed by atoms with Gasteiger partial charge < -0.3 is 10.8 Å². The minimum absolute atomic E-state index is 0.136. The van der Waals surface area contributed by atoms with Gasteiger partial charge in [0.25, 0.3) is 10.0 Å². The number of amides is 1. The number of carboxylic acid groups (broad SMARTS) is 1. The summed E-state index contributed by atoms with van der Waals surface area (Å²) >= 11 is 6.36. The fourth-order valence-electron chi connectivity index (χ4n) is 1.07. The Hall–Kier alpha value is -1.16. The maximum absolute atomic E-state index is 11.8. The van der Waals surface area contributed by atoms with Crippen molar-refractivity contribution >= 4 is 44.8 Å². The van der Waals surface area contributed by atoms with Crippen molar-refractivity contribution < 1.29 is 23.1 Å². The average Bonchev–Trinajstić information content (AvgIpc) is 2.63. The third kappa shape index (κ3) is 3.95. The van der Waals surface area contributed by atoms with Crippen LogP contribution in [0.4, 0.5) is 0 Å². The first-order chi connectivity index (χ1) is 8.22. The van der Waals surface area contributed by atoms with Crippen molar-refractivity contribution in [2.45, 2.75) is 16.7 Å². The highest BCUT2D eigenvalue weighted by Crippen LogP contribution is 2.25. The second-order valence-electron chi connectivity index (χ2n) is 3.24. The molecule has 0 spiro atoms. The molecule has 4 N–H and O–H groups in total. The zero-order chi connectivity index (χ0) is 13.9. The van der Waals surface area contributed by atoms with Gasteiger partial charge in [0.1, 0.15) is 10.3 Å². The van der Waals surface area contributed by atoms with Gasteiger partial charge in [0.15, 0.2) is 0 Å². The zero-order valence-electron chi connectivity index (χ0n) is 8.79. The Morgan fingerprint density at radius 3 is 2.50 bits per heavy atom. The summed E-state index contributed by atoms with van der Waals surface area (Å²) in [5, 5.41) is 8.78. The summed E-state index contributed by atoms with van der Waals surface area (Å²) in [6, 6.07) is 0.997. The molecule has 0 fully saturated rings. The minimum Gasteiger partial charge on any atom is -0.480 e. The predicted molar refractivity (Wildman–Crippen MR) is 64.9 cm³/mol. The highest BCUT2D eigenvalue weighted by atomic mass is 35.5. The summed E-state index contributed by atoms with van der Waals surface area (Å²) in [5.41, 5.74) is 4.84. The van der Waals surface area contributed by atoms with Gasteiger partial charge in [0.2, 0.25) is 5.91 Å². The number of nitrogens with one attached hydrogen (secondary N) is 1. The lowest BCUT2D eigenvalue weighted by Crippen LogP contribution is -2.43. The summed E-state index contributed by atoms with van der Waals surface area (Å²) in [6.45, 7) is 0. The van der Waals surface area contributed by atoms with Crippen LogP contribution in [-0.4, -0.2) is 31.4 Å². The second kappa shape index (κ2) is 5.65. The molecule has 100 valence electrons. The number of hydrogen-bond acceptors (Lipinski definition) is 5. The van der Waals surface area contributed by atoms with E-state index in [1.54, 1.807) is 0 Å². The molecule has 0 saturated heterocycles. The van der Waals surface area contributed by atoms with Crippen molar-refractivity contribution in [2.75, 3.05) is 0 Å². The van der Waals surface area contributed by atoms with E-state index in [2.05, 4.69) is 0 Å². The quantitative estimate of drug-likeness (QED) is 0.682. The van der Waals surface area contributed by atoms with Crippen molar-refractivity contribution in [1.82, 2.24) is 4.72 Å². The minimum atomic E-state index is -4.03. The standard InChI is InChI=1S/C8H9ClN2O5S2/c9-5-1-2-7(17-5)18(15,16)11-4(8(13)14)3-6(10)12/h1-2,4,11H,3H2,(H2,10,12)(H,13,14)/t4-/m0/s1. The topological polar surface area (TPSA) is 127 Å². The Labute approximate surface area is 112 Å². The molecule has 0 aliphatic carbocycles. The molecular formula is C8H9ClN2O5S2. The molecule has 0 radical (unpaired) electrons. The van der Waals surface area contributed by atoms with Gasteiger partial charge in [-0.15, -0.1) is 11.3 Å². The molecule has 1 heterocycles.